The molecule has 5 nitrogen and oxygen atoms in total. The predicted octanol–water partition coefficient (Wildman–Crippen LogP) is 3.23. The Labute approximate surface area is 156 Å². The van der Waals surface area contributed by atoms with E-state index in [9.17, 15) is 4.79 Å². The minimum atomic E-state index is -0.371. The zero-order valence-corrected chi connectivity index (χ0v) is 16.4. The van der Waals surface area contributed by atoms with Crippen LogP contribution < -0.4 is 16.0 Å². The van der Waals surface area contributed by atoms with Crippen LogP contribution in [-0.2, 0) is 4.79 Å². The second kappa shape index (κ2) is 8.70. The van der Waals surface area contributed by atoms with Crippen LogP contribution in [-0.4, -0.2) is 32.0 Å². The van der Waals surface area contributed by atoms with Crippen molar-refractivity contribution in [3.63, 3.8) is 0 Å². The van der Waals surface area contributed by atoms with Gasteiger partial charge in [-0.2, -0.15) is 0 Å². The van der Waals surface area contributed by atoms with Crippen LogP contribution in [0.2, 0.25) is 0 Å². The first-order valence-electron chi connectivity index (χ1n) is 9.05. The van der Waals surface area contributed by atoms with Gasteiger partial charge < -0.3 is 16.0 Å². The van der Waals surface area contributed by atoms with E-state index < -0.39 is 0 Å². The molecule has 1 unspecified atom stereocenters. The summed E-state index contributed by atoms with van der Waals surface area (Å²) in [6.07, 6.45) is 0. The van der Waals surface area contributed by atoms with E-state index in [0.717, 1.165) is 5.96 Å². The number of benzene rings is 2. The van der Waals surface area contributed by atoms with Crippen LogP contribution in [0.25, 0.3) is 10.8 Å². The van der Waals surface area contributed by atoms with Crippen LogP contribution in [0.5, 0.6) is 0 Å². The van der Waals surface area contributed by atoms with Gasteiger partial charge in [0.15, 0.2) is 5.96 Å². The zero-order valence-electron chi connectivity index (χ0n) is 16.4. The lowest BCUT2D eigenvalue weighted by molar-refractivity contribution is -0.128. The molecule has 0 aliphatic heterocycles. The van der Waals surface area contributed by atoms with Crippen molar-refractivity contribution in [1.82, 2.24) is 16.0 Å². The van der Waals surface area contributed by atoms with Crippen LogP contribution in [0.4, 0.5) is 0 Å². The van der Waals surface area contributed by atoms with Gasteiger partial charge in [0.2, 0.25) is 5.91 Å². The monoisotopic (exact) mass is 354 g/mol. The van der Waals surface area contributed by atoms with Crippen molar-refractivity contribution in [3.8, 4) is 0 Å². The smallest absolute Gasteiger partial charge is 0.225 e. The Morgan fingerprint density at radius 3 is 2.35 bits per heavy atom. The molecule has 26 heavy (non-hydrogen) atoms. The van der Waals surface area contributed by atoms with Gasteiger partial charge in [-0.05, 0) is 29.3 Å². The van der Waals surface area contributed by atoms with E-state index in [4.69, 9.17) is 0 Å². The molecular weight excluding hydrogens is 324 g/mol. The molecule has 0 aromatic heterocycles. The lowest BCUT2D eigenvalue weighted by atomic mass is 9.96. The molecule has 2 aromatic rings. The van der Waals surface area contributed by atoms with E-state index in [1.807, 2.05) is 26.8 Å². The number of carbonyl (C=O) groups is 1. The molecule has 0 heterocycles. The van der Waals surface area contributed by atoms with Crippen LogP contribution >= 0.6 is 0 Å². The molecule has 0 saturated carbocycles. The molecule has 5 heteroatoms. The van der Waals surface area contributed by atoms with E-state index >= 15 is 0 Å². The summed E-state index contributed by atoms with van der Waals surface area (Å²) in [4.78, 5) is 16.1. The second-order valence-electron chi connectivity index (χ2n) is 7.48. The molecule has 0 spiro atoms. The highest BCUT2D eigenvalue weighted by atomic mass is 16.2. The molecule has 0 saturated heterocycles. The van der Waals surface area contributed by atoms with Gasteiger partial charge in [-0.1, -0.05) is 57.2 Å². The maximum absolute atomic E-state index is 11.9. The van der Waals surface area contributed by atoms with Crippen molar-refractivity contribution in [2.24, 2.45) is 10.4 Å². The number of nitrogens with one attached hydrogen (secondary N) is 3. The van der Waals surface area contributed by atoms with Crippen LogP contribution in [0.3, 0.4) is 0 Å². The fraction of sp³-hybridized carbons (Fsp3) is 0.429. The maximum atomic E-state index is 11.9. The highest BCUT2D eigenvalue weighted by Crippen LogP contribution is 2.20. The molecule has 0 fully saturated rings. The summed E-state index contributed by atoms with van der Waals surface area (Å²) >= 11 is 0. The zero-order chi connectivity index (χ0) is 19.2. The SMILES string of the molecule is CN=C(NCCNC(=O)C(C)(C)C)NC(C)c1ccc2ccccc2c1. The number of hydrogen-bond donors (Lipinski definition) is 3. The third kappa shape index (κ3) is 5.48. The summed E-state index contributed by atoms with van der Waals surface area (Å²) in [6.45, 7) is 9.00. The van der Waals surface area contributed by atoms with Crippen molar-refractivity contribution >= 4 is 22.6 Å². The number of amides is 1. The van der Waals surface area contributed by atoms with Gasteiger partial charge in [-0.3, -0.25) is 9.79 Å². The van der Waals surface area contributed by atoms with E-state index in [-0.39, 0.29) is 17.4 Å². The molecule has 0 aliphatic rings. The summed E-state index contributed by atoms with van der Waals surface area (Å²) in [7, 11) is 1.75. The van der Waals surface area contributed by atoms with Crippen molar-refractivity contribution in [3.05, 3.63) is 48.0 Å². The molecule has 0 radical (unpaired) electrons. The van der Waals surface area contributed by atoms with Crippen LogP contribution in [0.15, 0.2) is 47.5 Å². The van der Waals surface area contributed by atoms with Gasteiger partial charge in [0.05, 0.1) is 6.04 Å². The van der Waals surface area contributed by atoms with E-state index in [1.165, 1.54) is 16.3 Å². The number of carbonyl (C=O) groups excluding carboxylic acids is 1. The summed E-state index contributed by atoms with van der Waals surface area (Å²) in [5.74, 6) is 0.766. The van der Waals surface area contributed by atoms with Gasteiger partial charge in [-0.15, -0.1) is 0 Å². The Hall–Kier alpha value is -2.56. The molecule has 1 atom stereocenters. The van der Waals surface area contributed by atoms with Crippen LogP contribution in [0, 0.1) is 5.41 Å². The van der Waals surface area contributed by atoms with Gasteiger partial charge >= 0.3 is 0 Å². The molecule has 140 valence electrons. The number of fused-ring (bicyclic) bond motifs is 1. The normalized spacial score (nSPS) is 13.3. The molecule has 0 aliphatic carbocycles. The number of guanidine groups is 1. The first-order chi connectivity index (χ1) is 12.3. The highest BCUT2D eigenvalue weighted by Gasteiger charge is 2.20. The summed E-state index contributed by atoms with van der Waals surface area (Å²) in [5.41, 5.74) is 0.831. The number of aliphatic imine (C=N–C) groups is 1. The molecular formula is C21H30N4O. The summed E-state index contributed by atoms with van der Waals surface area (Å²) in [5, 5.41) is 12.0. The van der Waals surface area contributed by atoms with Gasteiger partial charge in [0.1, 0.15) is 0 Å². The highest BCUT2D eigenvalue weighted by molar-refractivity contribution is 5.84. The Bertz CT molecular complexity index is 777. The lowest BCUT2D eigenvalue weighted by Crippen LogP contribution is -2.44. The van der Waals surface area contributed by atoms with Gasteiger partial charge in [-0.25, -0.2) is 0 Å². The number of hydrogen-bond acceptors (Lipinski definition) is 2. The third-order valence-corrected chi connectivity index (χ3v) is 4.23. The van der Waals surface area contributed by atoms with Crippen LogP contribution in [0.1, 0.15) is 39.3 Å². The predicted molar refractivity (Wildman–Crippen MR) is 109 cm³/mol. The third-order valence-electron chi connectivity index (χ3n) is 4.23. The Morgan fingerprint density at radius 1 is 1.04 bits per heavy atom. The van der Waals surface area contributed by atoms with Gasteiger partial charge in [0, 0.05) is 25.6 Å². The van der Waals surface area contributed by atoms with E-state index in [0.29, 0.717) is 13.1 Å². The average molecular weight is 354 g/mol. The van der Waals surface area contributed by atoms with Crippen molar-refractivity contribution in [2.45, 2.75) is 33.7 Å². The Kier molecular flexibility index (Phi) is 6.61. The van der Waals surface area contributed by atoms with E-state index in [1.54, 1.807) is 7.05 Å². The molecule has 1 amide bonds. The van der Waals surface area contributed by atoms with Crippen molar-refractivity contribution < 1.29 is 4.79 Å². The van der Waals surface area contributed by atoms with Crippen molar-refractivity contribution in [2.75, 3.05) is 20.1 Å². The minimum absolute atomic E-state index is 0.0479. The molecule has 0 bridgehead atoms. The number of rotatable bonds is 5. The molecule has 2 rings (SSSR count). The molecule has 2 aromatic carbocycles. The Morgan fingerprint density at radius 2 is 1.69 bits per heavy atom. The first kappa shape index (κ1) is 19.8. The maximum Gasteiger partial charge on any atom is 0.225 e. The fourth-order valence-corrected chi connectivity index (χ4v) is 2.58. The topological polar surface area (TPSA) is 65.5 Å². The first-order valence-corrected chi connectivity index (χ1v) is 9.05. The number of nitrogens with zero attached hydrogens (tertiary/aromatic N) is 1. The largest absolute Gasteiger partial charge is 0.355 e. The van der Waals surface area contributed by atoms with Crippen molar-refractivity contribution in [1.29, 1.82) is 0 Å². The average Bonchev–Trinajstić information content (AvgIpc) is 2.62. The van der Waals surface area contributed by atoms with E-state index in [2.05, 4.69) is 64.3 Å². The summed E-state index contributed by atoms with van der Waals surface area (Å²) < 4.78 is 0. The standard InChI is InChI=1S/C21H30N4O/c1-15(17-11-10-16-8-6-7-9-18(16)14-17)25-20(22-5)24-13-12-23-19(26)21(2,3)4/h6-11,14-15H,12-13H2,1-5H3,(H,23,26)(H2,22,24,25). The Balaban J connectivity index is 1.87. The molecule has 3 N–H and O–H groups in total. The minimum Gasteiger partial charge on any atom is -0.355 e. The second-order valence-corrected chi connectivity index (χ2v) is 7.48. The quantitative estimate of drug-likeness (QED) is 0.439. The van der Waals surface area contributed by atoms with Gasteiger partial charge in [0.25, 0.3) is 0 Å². The fourth-order valence-electron chi connectivity index (χ4n) is 2.58. The summed E-state index contributed by atoms with van der Waals surface area (Å²) in [6, 6.07) is 14.9. The lowest BCUT2D eigenvalue weighted by Gasteiger charge is -2.20.